The lowest BCUT2D eigenvalue weighted by atomic mass is 10.1. The molecule has 0 amide bonds. The first-order valence-corrected chi connectivity index (χ1v) is 6.98. The quantitative estimate of drug-likeness (QED) is 0.403. The summed E-state index contributed by atoms with van der Waals surface area (Å²) >= 11 is 0. The van der Waals surface area contributed by atoms with Gasteiger partial charge in [0.05, 0.1) is 17.6 Å². The second-order valence-electron chi connectivity index (χ2n) is 4.85. The van der Waals surface area contributed by atoms with Gasteiger partial charge in [-0.15, -0.1) is 0 Å². The monoisotopic (exact) mass is 324 g/mol. The lowest BCUT2D eigenvalue weighted by molar-refractivity contribution is -0.384. The van der Waals surface area contributed by atoms with Gasteiger partial charge in [-0.2, -0.15) is 0 Å². The number of nitrogens with zero attached hydrogens (tertiary/aromatic N) is 2. The number of methoxy groups -OCH3 is 1. The van der Waals surface area contributed by atoms with Crippen LogP contribution >= 0.6 is 0 Å². The first-order chi connectivity index (χ1) is 11.6. The molecule has 3 rings (SSSR count). The van der Waals surface area contributed by atoms with Crippen LogP contribution in [0.15, 0.2) is 52.9 Å². The summed E-state index contributed by atoms with van der Waals surface area (Å²) in [5.74, 6) is 0.941. The standard InChI is InChI=1S/C17H12N2O5/c1-23-12-8-6-11(7-9-12)17-18-14(10-20)16(24-17)13-4-2-3-5-15(13)19(21)22/h2-10H,1H3. The highest BCUT2D eigenvalue weighted by molar-refractivity contribution is 5.86. The zero-order valence-corrected chi connectivity index (χ0v) is 12.6. The minimum absolute atomic E-state index is 0.00937. The molecule has 0 aliphatic rings. The third-order valence-corrected chi connectivity index (χ3v) is 3.45. The molecule has 24 heavy (non-hydrogen) atoms. The molecule has 0 N–H and O–H groups in total. The average molecular weight is 324 g/mol. The van der Waals surface area contributed by atoms with Crippen molar-refractivity contribution in [1.82, 2.24) is 4.98 Å². The second kappa shape index (κ2) is 6.33. The summed E-state index contributed by atoms with van der Waals surface area (Å²) in [5.41, 5.74) is 0.689. The normalized spacial score (nSPS) is 10.4. The number of carbonyl (C=O) groups is 1. The Kier molecular flexibility index (Phi) is 4.07. The Morgan fingerprint density at radius 1 is 1.17 bits per heavy atom. The molecule has 120 valence electrons. The van der Waals surface area contributed by atoms with Crippen molar-refractivity contribution in [2.24, 2.45) is 0 Å². The number of nitro benzene ring substituents is 1. The topological polar surface area (TPSA) is 95.5 Å². The molecule has 0 aliphatic carbocycles. The van der Waals surface area contributed by atoms with Gasteiger partial charge < -0.3 is 9.15 Å². The van der Waals surface area contributed by atoms with E-state index in [2.05, 4.69) is 4.98 Å². The summed E-state index contributed by atoms with van der Waals surface area (Å²) in [4.78, 5) is 26.1. The summed E-state index contributed by atoms with van der Waals surface area (Å²) < 4.78 is 10.7. The van der Waals surface area contributed by atoms with Crippen molar-refractivity contribution in [1.29, 1.82) is 0 Å². The largest absolute Gasteiger partial charge is 0.497 e. The van der Waals surface area contributed by atoms with Crippen molar-refractivity contribution in [2.75, 3.05) is 7.11 Å². The molecule has 0 spiro atoms. The van der Waals surface area contributed by atoms with Crippen molar-refractivity contribution in [3.05, 3.63) is 64.3 Å². The number of aldehydes is 1. The fraction of sp³-hybridized carbons (Fsp3) is 0.0588. The average Bonchev–Trinajstić information content (AvgIpc) is 3.06. The predicted molar refractivity (Wildman–Crippen MR) is 86.0 cm³/mol. The van der Waals surface area contributed by atoms with Crippen molar-refractivity contribution < 1.29 is 18.9 Å². The molecule has 0 aliphatic heterocycles. The van der Waals surface area contributed by atoms with Gasteiger partial charge >= 0.3 is 0 Å². The number of para-hydroxylation sites is 1. The summed E-state index contributed by atoms with van der Waals surface area (Å²) in [6, 6.07) is 12.9. The van der Waals surface area contributed by atoms with Gasteiger partial charge in [-0.1, -0.05) is 12.1 Å². The molecular formula is C17H12N2O5. The molecule has 0 radical (unpaired) electrons. The Labute approximate surface area is 136 Å². The SMILES string of the molecule is COc1ccc(-c2nc(C=O)c(-c3ccccc3[N+](=O)[O-])o2)cc1. The van der Waals surface area contributed by atoms with Crippen LogP contribution in [0.5, 0.6) is 5.75 Å². The number of hydrogen-bond donors (Lipinski definition) is 0. The van der Waals surface area contributed by atoms with E-state index in [-0.39, 0.29) is 28.6 Å². The van der Waals surface area contributed by atoms with Gasteiger partial charge in [0.1, 0.15) is 5.75 Å². The van der Waals surface area contributed by atoms with E-state index in [0.29, 0.717) is 17.6 Å². The maximum Gasteiger partial charge on any atom is 0.280 e. The predicted octanol–water partition coefficient (Wildman–Crippen LogP) is 3.74. The minimum atomic E-state index is -0.528. The molecule has 3 aromatic rings. The summed E-state index contributed by atoms with van der Waals surface area (Å²) in [6.45, 7) is 0. The molecule has 0 bridgehead atoms. The molecule has 7 nitrogen and oxygen atoms in total. The number of oxazole rings is 1. The number of nitro groups is 1. The van der Waals surface area contributed by atoms with E-state index in [1.54, 1.807) is 43.5 Å². The van der Waals surface area contributed by atoms with Gasteiger partial charge in [0.25, 0.3) is 5.69 Å². The molecule has 2 aromatic carbocycles. The summed E-state index contributed by atoms with van der Waals surface area (Å²) in [6.07, 6.45) is 0.516. The molecule has 1 heterocycles. The van der Waals surface area contributed by atoms with Crippen LogP contribution in [0.2, 0.25) is 0 Å². The van der Waals surface area contributed by atoms with Gasteiger partial charge in [-0.3, -0.25) is 14.9 Å². The maximum atomic E-state index is 11.3. The van der Waals surface area contributed by atoms with Gasteiger partial charge in [-0.05, 0) is 30.3 Å². The highest BCUT2D eigenvalue weighted by Gasteiger charge is 2.23. The van der Waals surface area contributed by atoms with Crippen LogP contribution < -0.4 is 4.74 Å². The van der Waals surface area contributed by atoms with Crippen LogP contribution in [-0.2, 0) is 0 Å². The number of rotatable bonds is 5. The molecule has 7 heteroatoms. The molecule has 0 fully saturated rings. The van der Waals surface area contributed by atoms with Crippen molar-refractivity contribution >= 4 is 12.0 Å². The lowest BCUT2D eigenvalue weighted by Gasteiger charge is -2.00. The molecule has 1 aromatic heterocycles. The van der Waals surface area contributed by atoms with E-state index in [1.807, 2.05) is 0 Å². The smallest absolute Gasteiger partial charge is 0.280 e. The molecular weight excluding hydrogens is 312 g/mol. The highest BCUT2D eigenvalue weighted by atomic mass is 16.6. The zero-order chi connectivity index (χ0) is 17.1. The van der Waals surface area contributed by atoms with Crippen LogP contribution in [0, 0.1) is 10.1 Å². The fourth-order valence-corrected chi connectivity index (χ4v) is 2.29. The lowest BCUT2D eigenvalue weighted by Crippen LogP contribution is -1.92. The van der Waals surface area contributed by atoms with Crippen molar-refractivity contribution in [3.63, 3.8) is 0 Å². The van der Waals surface area contributed by atoms with Crippen molar-refractivity contribution in [2.45, 2.75) is 0 Å². The molecule has 0 unspecified atom stereocenters. The number of hydrogen-bond acceptors (Lipinski definition) is 6. The van der Waals surface area contributed by atoms with Gasteiger partial charge in [0.2, 0.25) is 5.89 Å². The second-order valence-corrected chi connectivity index (χ2v) is 4.85. The minimum Gasteiger partial charge on any atom is -0.497 e. The maximum absolute atomic E-state index is 11.3. The fourth-order valence-electron chi connectivity index (χ4n) is 2.29. The van der Waals surface area contributed by atoms with Crippen LogP contribution in [0.25, 0.3) is 22.8 Å². The van der Waals surface area contributed by atoms with E-state index >= 15 is 0 Å². The number of carbonyl (C=O) groups excluding carboxylic acids is 1. The third kappa shape index (κ3) is 2.74. The summed E-state index contributed by atoms with van der Waals surface area (Å²) in [7, 11) is 1.55. The first kappa shape index (κ1) is 15.4. The van der Waals surface area contributed by atoms with Crippen LogP contribution in [0.1, 0.15) is 10.5 Å². The van der Waals surface area contributed by atoms with E-state index in [4.69, 9.17) is 9.15 Å². The van der Waals surface area contributed by atoms with E-state index in [1.165, 1.54) is 12.1 Å². The van der Waals surface area contributed by atoms with Crippen LogP contribution in [-0.4, -0.2) is 23.3 Å². The number of aromatic nitrogens is 1. The Hall–Kier alpha value is -3.48. The molecule has 0 atom stereocenters. The van der Waals surface area contributed by atoms with Crippen LogP contribution in [0.3, 0.4) is 0 Å². The zero-order valence-electron chi connectivity index (χ0n) is 12.6. The highest BCUT2D eigenvalue weighted by Crippen LogP contribution is 2.34. The van der Waals surface area contributed by atoms with Gasteiger partial charge in [-0.25, -0.2) is 4.98 Å². The Morgan fingerprint density at radius 3 is 2.50 bits per heavy atom. The van der Waals surface area contributed by atoms with E-state index < -0.39 is 4.92 Å². The van der Waals surface area contributed by atoms with Gasteiger partial charge in [0, 0.05) is 11.6 Å². The Balaban J connectivity index is 2.12. The number of ether oxygens (including phenoxy) is 1. The summed E-state index contributed by atoms with van der Waals surface area (Å²) in [5, 5.41) is 11.2. The Bertz CT molecular complexity index is 900. The van der Waals surface area contributed by atoms with E-state index in [0.717, 1.165) is 0 Å². The first-order valence-electron chi connectivity index (χ1n) is 6.98. The number of benzene rings is 2. The van der Waals surface area contributed by atoms with Gasteiger partial charge in [0.15, 0.2) is 17.7 Å². The third-order valence-electron chi connectivity index (χ3n) is 3.45. The van der Waals surface area contributed by atoms with E-state index in [9.17, 15) is 14.9 Å². The van der Waals surface area contributed by atoms with Crippen molar-refractivity contribution in [3.8, 4) is 28.5 Å². The molecule has 0 saturated heterocycles. The molecule has 0 saturated carbocycles. The van der Waals surface area contributed by atoms with Crippen LogP contribution in [0.4, 0.5) is 5.69 Å². The Morgan fingerprint density at radius 2 is 1.88 bits per heavy atom.